The smallest absolute Gasteiger partial charge is 0.200 e. The maximum atomic E-state index is 12.7. The molecule has 0 saturated heterocycles. The molecule has 3 heteroatoms. The van der Waals surface area contributed by atoms with Gasteiger partial charge in [-0.05, 0) is 25.1 Å². The van der Waals surface area contributed by atoms with E-state index in [4.69, 9.17) is 9.15 Å². The molecule has 0 aliphatic rings. The average molecular weight is 266 g/mol. The van der Waals surface area contributed by atoms with Gasteiger partial charge in [0.2, 0.25) is 5.43 Å². The Balaban J connectivity index is 2.40. The first-order valence-electron chi connectivity index (χ1n) is 6.38. The Morgan fingerprint density at radius 2 is 1.70 bits per heavy atom. The first-order valence-corrected chi connectivity index (χ1v) is 6.38. The van der Waals surface area contributed by atoms with Crippen molar-refractivity contribution in [2.75, 3.05) is 7.11 Å². The van der Waals surface area contributed by atoms with Gasteiger partial charge in [-0.1, -0.05) is 30.3 Å². The van der Waals surface area contributed by atoms with E-state index >= 15 is 0 Å². The Labute approximate surface area is 116 Å². The quantitative estimate of drug-likeness (QED) is 0.708. The zero-order chi connectivity index (χ0) is 14.1. The lowest BCUT2D eigenvalue weighted by Crippen LogP contribution is -2.08. The molecule has 0 unspecified atom stereocenters. The maximum Gasteiger partial charge on any atom is 0.200 e. The summed E-state index contributed by atoms with van der Waals surface area (Å²) in [5.41, 5.74) is 1.88. The third kappa shape index (κ3) is 1.88. The molecule has 0 aliphatic heterocycles. The molecule has 1 heterocycles. The second-order valence-corrected chi connectivity index (χ2v) is 4.56. The summed E-state index contributed by atoms with van der Waals surface area (Å²) in [7, 11) is 1.59. The molecule has 3 aromatic rings. The van der Waals surface area contributed by atoms with E-state index in [0.717, 1.165) is 5.56 Å². The van der Waals surface area contributed by atoms with Crippen LogP contribution in [0.1, 0.15) is 5.76 Å². The molecule has 0 spiro atoms. The third-order valence-electron chi connectivity index (χ3n) is 3.35. The van der Waals surface area contributed by atoms with Crippen molar-refractivity contribution in [1.29, 1.82) is 0 Å². The van der Waals surface area contributed by atoms with Crippen LogP contribution < -0.4 is 10.2 Å². The number of benzene rings is 2. The number of aryl methyl sites for hydroxylation is 1. The summed E-state index contributed by atoms with van der Waals surface area (Å²) in [4.78, 5) is 12.7. The van der Waals surface area contributed by atoms with Gasteiger partial charge in [0.1, 0.15) is 17.1 Å². The van der Waals surface area contributed by atoms with Crippen molar-refractivity contribution in [2.24, 2.45) is 0 Å². The second kappa shape index (κ2) is 4.85. The molecule has 100 valence electrons. The summed E-state index contributed by atoms with van der Waals surface area (Å²) >= 11 is 0. The van der Waals surface area contributed by atoms with Gasteiger partial charge in [-0.25, -0.2) is 0 Å². The van der Waals surface area contributed by atoms with Crippen LogP contribution in [0.5, 0.6) is 5.75 Å². The Morgan fingerprint density at radius 3 is 2.50 bits per heavy atom. The lowest BCUT2D eigenvalue weighted by Gasteiger charge is -2.10. The zero-order valence-corrected chi connectivity index (χ0v) is 11.3. The van der Waals surface area contributed by atoms with Crippen molar-refractivity contribution in [3.05, 3.63) is 64.5 Å². The lowest BCUT2D eigenvalue weighted by atomic mass is 10.0. The van der Waals surface area contributed by atoms with Crippen molar-refractivity contribution in [2.45, 2.75) is 6.92 Å². The van der Waals surface area contributed by atoms with E-state index in [0.29, 0.717) is 28.0 Å². The first kappa shape index (κ1) is 12.5. The number of methoxy groups -OCH3 is 1. The minimum atomic E-state index is -0.0335. The molecule has 2 aromatic carbocycles. The fourth-order valence-corrected chi connectivity index (χ4v) is 2.42. The highest BCUT2D eigenvalue weighted by atomic mass is 16.5. The Bertz CT molecular complexity index is 831. The monoisotopic (exact) mass is 266 g/mol. The van der Waals surface area contributed by atoms with Crippen LogP contribution in [-0.2, 0) is 0 Å². The Kier molecular flexibility index (Phi) is 3.03. The molecule has 3 rings (SSSR count). The van der Waals surface area contributed by atoms with Crippen molar-refractivity contribution in [3.63, 3.8) is 0 Å². The normalized spacial score (nSPS) is 10.7. The van der Waals surface area contributed by atoms with Crippen LogP contribution in [0.15, 0.2) is 57.7 Å². The fraction of sp³-hybridized carbons (Fsp3) is 0.118. The molecule has 1 aromatic heterocycles. The average Bonchev–Trinajstić information content (AvgIpc) is 2.48. The number of hydrogen-bond donors (Lipinski definition) is 0. The summed E-state index contributed by atoms with van der Waals surface area (Å²) in [6.07, 6.45) is 0. The molecule has 0 atom stereocenters. The van der Waals surface area contributed by atoms with Crippen molar-refractivity contribution in [1.82, 2.24) is 0 Å². The topological polar surface area (TPSA) is 39.4 Å². The van der Waals surface area contributed by atoms with Crippen LogP contribution in [0.2, 0.25) is 0 Å². The molecular formula is C17H14O3. The lowest BCUT2D eigenvalue weighted by molar-refractivity contribution is 0.416. The van der Waals surface area contributed by atoms with Crippen LogP contribution in [0.3, 0.4) is 0 Å². The molecule has 0 fully saturated rings. The van der Waals surface area contributed by atoms with E-state index in [-0.39, 0.29) is 5.43 Å². The van der Waals surface area contributed by atoms with Gasteiger partial charge < -0.3 is 9.15 Å². The summed E-state index contributed by atoms with van der Waals surface area (Å²) in [5, 5.41) is 0.582. The van der Waals surface area contributed by atoms with E-state index in [2.05, 4.69) is 0 Å². The van der Waals surface area contributed by atoms with Gasteiger partial charge in [-0.3, -0.25) is 4.79 Å². The number of para-hydroxylation sites is 2. The summed E-state index contributed by atoms with van der Waals surface area (Å²) in [6.45, 7) is 1.80. The van der Waals surface area contributed by atoms with E-state index in [9.17, 15) is 4.79 Å². The molecule has 0 N–H and O–H groups in total. The van der Waals surface area contributed by atoms with E-state index in [1.54, 1.807) is 26.2 Å². The maximum absolute atomic E-state index is 12.7. The van der Waals surface area contributed by atoms with Gasteiger partial charge in [-0.15, -0.1) is 0 Å². The van der Waals surface area contributed by atoms with E-state index in [1.165, 1.54) is 0 Å². The molecule has 0 bridgehead atoms. The molecule has 20 heavy (non-hydrogen) atoms. The minimum Gasteiger partial charge on any atom is -0.496 e. The molecule has 3 nitrogen and oxygen atoms in total. The third-order valence-corrected chi connectivity index (χ3v) is 3.35. The van der Waals surface area contributed by atoms with Gasteiger partial charge in [0.15, 0.2) is 0 Å². The van der Waals surface area contributed by atoms with Gasteiger partial charge >= 0.3 is 0 Å². The molecular weight excluding hydrogens is 252 g/mol. The summed E-state index contributed by atoms with van der Waals surface area (Å²) in [6, 6.07) is 14.7. The SMILES string of the molecule is COc1ccccc1-c1c(C)oc2ccccc2c1=O. The highest BCUT2D eigenvalue weighted by molar-refractivity contribution is 5.84. The van der Waals surface area contributed by atoms with E-state index in [1.807, 2.05) is 36.4 Å². The number of fused-ring (bicyclic) bond motifs is 1. The summed E-state index contributed by atoms with van der Waals surface area (Å²) < 4.78 is 11.1. The number of hydrogen-bond acceptors (Lipinski definition) is 3. The van der Waals surface area contributed by atoms with Crippen LogP contribution >= 0.6 is 0 Å². The van der Waals surface area contributed by atoms with Gasteiger partial charge in [0, 0.05) is 5.56 Å². The van der Waals surface area contributed by atoms with Crippen molar-refractivity contribution < 1.29 is 9.15 Å². The number of rotatable bonds is 2. The second-order valence-electron chi connectivity index (χ2n) is 4.56. The highest BCUT2D eigenvalue weighted by Crippen LogP contribution is 2.31. The molecule has 0 aliphatic carbocycles. The van der Waals surface area contributed by atoms with Gasteiger partial charge in [0.05, 0.1) is 18.1 Å². The Hall–Kier alpha value is -2.55. The largest absolute Gasteiger partial charge is 0.496 e. The van der Waals surface area contributed by atoms with Crippen LogP contribution in [0.4, 0.5) is 0 Å². The molecule has 0 amide bonds. The predicted molar refractivity (Wildman–Crippen MR) is 79.2 cm³/mol. The van der Waals surface area contributed by atoms with Gasteiger partial charge in [-0.2, -0.15) is 0 Å². The van der Waals surface area contributed by atoms with Crippen LogP contribution in [0, 0.1) is 6.92 Å². The number of ether oxygens (including phenoxy) is 1. The Morgan fingerprint density at radius 1 is 1.00 bits per heavy atom. The fourth-order valence-electron chi connectivity index (χ4n) is 2.42. The highest BCUT2D eigenvalue weighted by Gasteiger charge is 2.16. The zero-order valence-electron chi connectivity index (χ0n) is 11.3. The molecule has 0 saturated carbocycles. The molecule has 0 radical (unpaired) electrons. The van der Waals surface area contributed by atoms with Gasteiger partial charge in [0.25, 0.3) is 0 Å². The minimum absolute atomic E-state index is 0.0335. The first-order chi connectivity index (χ1) is 9.72. The predicted octanol–water partition coefficient (Wildman–Crippen LogP) is 3.78. The summed E-state index contributed by atoms with van der Waals surface area (Å²) in [5.74, 6) is 1.26. The van der Waals surface area contributed by atoms with Crippen LogP contribution in [-0.4, -0.2) is 7.11 Å². The standard InChI is InChI=1S/C17H14O3/c1-11-16(12-7-3-5-9-14(12)19-2)17(18)13-8-4-6-10-15(13)20-11/h3-10H,1-2H3. The van der Waals surface area contributed by atoms with Crippen LogP contribution in [0.25, 0.3) is 22.1 Å². The van der Waals surface area contributed by atoms with Crippen molar-refractivity contribution in [3.8, 4) is 16.9 Å². The van der Waals surface area contributed by atoms with Crippen molar-refractivity contribution >= 4 is 11.0 Å². The van der Waals surface area contributed by atoms with E-state index < -0.39 is 0 Å².